The Morgan fingerprint density at radius 3 is 3.25 bits per heavy atom. The maximum Gasteiger partial charge on any atom is 0.0518 e. The zero-order chi connectivity index (χ0) is 11.4. The van der Waals surface area contributed by atoms with Gasteiger partial charge in [0, 0.05) is 18.8 Å². The van der Waals surface area contributed by atoms with Gasteiger partial charge in [-0.25, -0.2) is 0 Å². The number of piperidine rings is 1. The number of likely N-dealkylation sites (tertiary alicyclic amines) is 1. The Hall–Kier alpha value is -0.870. The highest BCUT2D eigenvalue weighted by Crippen LogP contribution is 2.15. The maximum atomic E-state index is 3.98. The molecule has 1 aromatic rings. The Kier molecular flexibility index (Phi) is 3.96. The molecule has 16 heavy (non-hydrogen) atoms. The first-order valence-electron chi connectivity index (χ1n) is 6.17. The molecule has 2 heterocycles. The van der Waals surface area contributed by atoms with Crippen LogP contribution in [0.1, 0.15) is 31.5 Å². The molecule has 2 rings (SSSR count). The molecule has 4 heteroatoms. The normalized spacial score (nSPS) is 24.5. The summed E-state index contributed by atoms with van der Waals surface area (Å²) in [4.78, 5) is 2.43. The third-order valence-corrected chi connectivity index (χ3v) is 3.42. The topological polar surface area (TPSA) is 44.0 Å². The van der Waals surface area contributed by atoms with E-state index in [0.29, 0.717) is 6.04 Å². The fourth-order valence-electron chi connectivity index (χ4n) is 2.40. The molecule has 90 valence electrons. The van der Waals surface area contributed by atoms with Crippen molar-refractivity contribution in [1.82, 2.24) is 20.4 Å². The van der Waals surface area contributed by atoms with Gasteiger partial charge in [-0.15, -0.1) is 0 Å². The SMILES string of the molecule is CC(NCC1CCCN(C)C1)c1ccn[nH]1. The molecule has 1 aliphatic rings. The first-order valence-corrected chi connectivity index (χ1v) is 6.17. The Labute approximate surface area is 97.4 Å². The Morgan fingerprint density at radius 1 is 1.69 bits per heavy atom. The van der Waals surface area contributed by atoms with Crippen molar-refractivity contribution < 1.29 is 0 Å². The van der Waals surface area contributed by atoms with E-state index in [1.54, 1.807) is 0 Å². The Morgan fingerprint density at radius 2 is 2.56 bits per heavy atom. The number of aromatic nitrogens is 2. The van der Waals surface area contributed by atoms with Gasteiger partial charge in [-0.3, -0.25) is 5.10 Å². The van der Waals surface area contributed by atoms with E-state index in [1.807, 2.05) is 12.3 Å². The lowest BCUT2D eigenvalue weighted by Crippen LogP contribution is -2.38. The van der Waals surface area contributed by atoms with E-state index < -0.39 is 0 Å². The van der Waals surface area contributed by atoms with Crippen molar-refractivity contribution in [2.24, 2.45) is 5.92 Å². The van der Waals surface area contributed by atoms with E-state index in [-0.39, 0.29) is 0 Å². The van der Waals surface area contributed by atoms with Gasteiger partial charge in [0.25, 0.3) is 0 Å². The van der Waals surface area contributed by atoms with Crippen molar-refractivity contribution in [3.8, 4) is 0 Å². The van der Waals surface area contributed by atoms with Crippen LogP contribution in [0.3, 0.4) is 0 Å². The van der Waals surface area contributed by atoms with Crippen molar-refractivity contribution in [2.45, 2.75) is 25.8 Å². The van der Waals surface area contributed by atoms with E-state index >= 15 is 0 Å². The van der Waals surface area contributed by atoms with Crippen molar-refractivity contribution in [3.63, 3.8) is 0 Å². The molecule has 2 N–H and O–H groups in total. The first kappa shape index (κ1) is 11.6. The molecule has 4 nitrogen and oxygen atoms in total. The van der Waals surface area contributed by atoms with Gasteiger partial charge in [0.05, 0.1) is 5.69 Å². The van der Waals surface area contributed by atoms with E-state index in [9.17, 15) is 0 Å². The van der Waals surface area contributed by atoms with Crippen LogP contribution >= 0.6 is 0 Å². The van der Waals surface area contributed by atoms with Crippen LogP contribution in [0.15, 0.2) is 12.3 Å². The lowest BCUT2D eigenvalue weighted by molar-refractivity contribution is 0.203. The molecule has 2 unspecified atom stereocenters. The quantitative estimate of drug-likeness (QED) is 0.809. The highest BCUT2D eigenvalue weighted by atomic mass is 15.1. The summed E-state index contributed by atoms with van der Waals surface area (Å²) in [6, 6.07) is 2.40. The molecule has 0 bridgehead atoms. The zero-order valence-electron chi connectivity index (χ0n) is 10.2. The number of rotatable bonds is 4. The molecule has 1 fully saturated rings. The number of hydrogen-bond donors (Lipinski definition) is 2. The molecule has 1 aliphatic heterocycles. The Balaban J connectivity index is 1.74. The summed E-state index contributed by atoms with van der Waals surface area (Å²) in [5.41, 5.74) is 1.17. The van der Waals surface area contributed by atoms with E-state index in [1.165, 1.54) is 31.6 Å². The Bertz CT molecular complexity index is 296. The minimum absolute atomic E-state index is 0.370. The van der Waals surface area contributed by atoms with E-state index in [0.717, 1.165) is 12.5 Å². The number of nitrogens with one attached hydrogen (secondary N) is 2. The number of hydrogen-bond acceptors (Lipinski definition) is 3. The molecular weight excluding hydrogens is 200 g/mol. The van der Waals surface area contributed by atoms with Crippen LogP contribution in [0.4, 0.5) is 0 Å². The van der Waals surface area contributed by atoms with Crippen LogP contribution in [0.5, 0.6) is 0 Å². The summed E-state index contributed by atoms with van der Waals surface area (Å²) in [6.07, 6.45) is 4.50. The zero-order valence-corrected chi connectivity index (χ0v) is 10.2. The highest BCUT2D eigenvalue weighted by molar-refractivity contribution is 5.02. The molecule has 0 aromatic carbocycles. The van der Waals surface area contributed by atoms with Crippen molar-refractivity contribution in [1.29, 1.82) is 0 Å². The average Bonchev–Trinajstić information content (AvgIpc) is 2.79. The number of nitrogens with zero attached hydrogens (tertiary/aromatic N) is 2. The van der Waals surface area contributed by atoms with Crippen molar-refractivity contribution >= 4 is 0 Å². The van der Waals surface area contributed by atoms with Gasteiger partial charge in [-0.1, -0.05) is 0 Å². The minimum atomic E-state index is 0.370. The first-order chi connectivity index (χ1) is 7.75. The van der Waals surface area contributed by atoms with Gasteiger partial charge in [0.1, 0.15) is 0 Å². The molecule has 1 saturated heterocycles. The summed E-state index contributed by atoms with van der Waals surface area (Å²) in [5.74, 6) is 0.795. The molecule has 2 atom stereocenters. The van der Waals surface area contributed by atoms with Crippen LogP contribution in [0.25, 0.3) is 0 Å². The largest absolute Gasteiger partial charge is 0.309 e. The van der Waals surface area contributed by atoms with Crippen molar-refractivity contribution in [2.75, 3.05) is 26.7 Å². The molecule has 0 spiro atoms. The summed E-state index contributed by atoms with van der Waals surface area (Å²) in [6.45, 7) is 5.76. The van der Waals surface area contributed by atoms with Crippen LogP contribution in [-0.2, 0) is 0 Å². The predicted molar refractivity (Wildman–Crippen MR) is 65.2 cm³/mol. The summed E-state index contributed by atoms with van der Waals surface area (Å²) in [7, 11) is 2.21. The smallest absolute Gasteiger partial charge is 0.0518 e. The van der Waals surface area contributed by atoms with E-state index in [4.69, 9.17) is 0 Å². The molecule has 0 saturated carbocycles. The van der Waals surface area contributed by atoms with Crippen LogP contribution in [0.2, 0.25) is 0 Å². The number of H-pyrrole nitrogens is 1. The average molecular weight is 222 g/mol. The second-order valence-corrected chi connectivity index (χ2v) is 4.91. The molecule has 0 amide bonds. The van der Waals surface area contributed by atoms with Gasteiger partial charge < -0.3 is 10.2 Å². The lowest BCUT2D eigenvalue weighted by Gasteiger charge is -2.30. The third kappa shape index (κ3) is 3.06. The van der Waals surface area contributed by atoms with Gasteiger partial charge >= 0.3 is 0 Å². The van der Waals surface area contributed by atoms with Crippen LogP contribution < -0.4 is 5.32 Å². The standard InChI is InChI=1S/C12H22N4/c1-10(12-5-6-14-15-12)13-8-11-4-3-7-16(2)9-11/h5-6,10-11,13H,3-4,7-9H2,1-2H3,(H,14,15). The summed E-state index contributed by atoms with van der Waals surface area (Å²) in [5, 5.41) is 10.6. The maximum absolute atomic E-state index is 3.98. The molecule has 1 aromatic heterocycles. The second-order valence-electron chi connectivity index (χ2n) is 4.91. The fourth-order valence-corrected chi connectivity index (χ4v) is 2.40. The highest BCUT2D eigenvalue weighted by Gasteiger charge is 2.17. The van der Waals surface area contributed by atoms with Gasteiger partial charge in [0.15, 0.2) is 0 Å². The van der Waals surface area contributed by atoms with Crippen molar-refractivity contribution in [3.05, 3.63) is 18.0 Å². The molecule has 0 radical (unpaired) electrons. The molecular formula is C12H22N4. The third-order valence-electron chi connectivity index (χ3n) is 3.42. The fraction of sp³-hybridized carbons (Fsp3) is 0.750. The summed E-state index contributed by atoms with van der Waals surface area (Å²) < 4.78 is 0. The van der Waals surface area contributed by atoms with Gasteiger partial charge in [-0.05, 0) is 51.9 Å². The monoisotopic (exact) mass is 222 g/mol. The van der Waals surface area contributed by atoms with Gasteiger partial charge in [0.2, 0.25) is 0 Å². The number of aromatic amines is 1. The lowest BCUT2D eigenvalue weighted by atomic mass is 9.98. The second kappa shape index (κ2) is 5.46. The predicted octanol–water partition coefficient (Wildman–Crippen LogP) is 1.40. The molecule has 0 aliphatic carbocycles. The van der Waals surface area contributed by atoms with Crippen LogP contribution in [-0.4, -0.2) is 41.8 Å². The van der Waals surface area contributed by atoms with E-state index in [2.05, 4.69) is 34.4 Å². The summed E-state index contributed by atoms with van der Waals surface area (Å²) >= 11 is 0. The van der Waals surface area contributed by atoms with Crippen LogP contribution in [0, 0.1) is 5.92 Å². The minimum Gasteiger partial charge on any atom is -0.309 e. The van der Waals surface area contributed by atoms with Gasteiger partial charge in [-0.2, -0.15) is 5.10 Å².